The molecule has 150 valence electrons. The van der Waals surface area contributed by atoms with Gasteiger partial charge in [0.25, 0.3) is 0 Å². The van der Waals surface area contributed by atoms with Crippen molar-refractivity contribution in [2.24, 2.45) is 5.92 Å². The number of pyridine rings is 1. The second-order valence-corrected chi connectivity index (χ2v) is 8.10. The molecule has 2 saturated heterocycles. The predicted molar refractivity (Wildman–Crippen MR) is 108 cm³/mol. The number of nitrogens with zero attached hydrogens (tertiary/aromatic N) is 3. The summed E-state index contributed by atoms with van der Waals surface area (Å²) in [6.45, 7) is 2.74. The minimum absolute atomic E-state index is 0.0589. The summed E-state index contributed by atoms with van der Waals surface area (Å²) in [6.07, 6.45) is 5.76. The predicted octanol–water partition coefficient (Wildman–Crippen LogP) is 2.71. The minimum atomic E-state index is -0.0907. The van der Waals surface area contributed by atoms with E-state index in [9.17, 15) is 9.59 Å². The second-order valence-electron chi connectivity index (χ2n) is 8.10. The van der Waals surface area contributed by atoms with Crippen LogP contribution in [0.25, 0.3) is 0 Å². The van der Waals surface area contributed by atoms with E-state index >= 15 is 0 Å². The summed E-state index contributed by atoms with van der Waals surface area (Å²) in [5, 5.41) is 2.93. The Morgan fingerprint density at radius 3 is 2.41 bits per heavy atom. The smallest absolute Gasteiger partial charge is 0.321 e. The van der Waals surface area contributed by atoms with Crippen LogP contribution in [0, 0.1) is 5.92 Å². The van der Waals surface area contributed by atoms with Crippen molar-refractivity contribution in [3.05, 3.63) is 54.4 Å². The number of likely N-dealkylation sites (tertiary alicyclic amines) is 2. The monoisotopic (exact) mass is 392 g/mol. The molecule has 0 unspecified atom stereocenters. The van der Waals surface area contributed by atoms with Crippen molar-refractivity contribution in [2.45, 2.75) is 24.9 Å². The molecular formula is C22H24N4O3. The molecule has 1 aromatic carbocycles. The molecule has 5 rings (SSSR count). The van der Waals surface area contributed by atoms with Gasteiger partial charge in [-0.25, -0.2) is 4.79 Å². The maximum absolute atomic E-state index is 12.4. The fourth-order valence-corrected chi connectivity index (χ4v) is 3.77. The van der Waals surface area contributed by atoms with E-state index in [4.69, 9.17) is 4.74 Å². The van der Waals surface area contributed by atoms with Gasteiger partial charge in [-0.3, -0.25) is 9.78 Å². The van der Waals surface area contributed by atoms with Gasteiger partial charge in [-0.15, -0.1) is 0 Å². The number of carbonyl (C=O) groups is 2. The molecule has 3 heterocycles. The van der Waals surface area contributed by atoms with Crippen molar-refractivity contribution in [1.82, 2.24) is 14.8 Å². The lowest BCUT2D eigenvalue weighted by atomic mass is 9.93. The Hall–Kier alpha value is -3.09. The van der Waals surface area contributed by atoms with Crippen LogP contribution in [0.4, 0.5) is 10.5 Å². The highest BCUT2D eigenvalue weighted by Crippen LogP contribution is 2.33. The third-order valence-electron chi connectivity index (χ3n) is 5.82. The Labute approximate surface area is 169 Å². The quantitative estimate of drug-likeness (QED) is 0.849. The number of amides is 3. The highest BCUT2D eigenvalue weighted by molar-refractivity contribution is 5.90. The molecule has 1 aromatic heterocycles. The van der Waals surface area contributed by atoms with Crippen molar-refractivity contribution >= 4 is 17.6 Å². The summed E-state index contributed by atoms with van der Waals surface area (Å²) >= 11 is 0. The van der Waals surface area contributed by atoms with Gasteiger partial charge < -0.3 is 19.9 Å². The number of hydrogen-bond donors (Lipinski definition) is 1. The molecule has 0 radical (unpaired) electrons. The number of urea groups is 1. The van der Waals surface area contributed by atoms with Gasteiger partial charge in [0.1, 0.15) is 11.9 Å². The normalized spacial score (nSPS) is 19.3. The second kappa shape index (κ2) is 7.39. The van der Waals surface area contributed by atoms with Crippen LogP contribution in [0.3, 0.4) is 0 Å². The number of carbonyl (C=O) groups excluding carboxylic acids is 2. The van der Waals surface area contributed by atoms with E-state index in [0.717, 1.165) is 24.3 Å². The summed E-state index contributed by atoms with van der Waals surface area (Å²) in [5.41, 5.74) is 1.91. The summed E-state index contributed by atoms with van der Waals surface area (Å²) in [5.74, 6) is 1.66. The first kappa shape index (κ1) is 18.0. The van der Waals surface area contributed by atoms with E-state index in [-0.39, 0.29) is 24.0 Å². The number of benzene rings is 1. The molecule has 1 N–H and O–H groups in total. The largest absolute Gasteiger partial charge is 0.487 e. The van der Waals surface area contributed by atoms with Crippen LogP contribution in [-0.2, 0) is 4.79 Å². The van der Waals surface area contributed by atoms with Crippen LogP contribution in [0.15, 0.2) is 48.8 Å². The van der Waals surface area contributed by atoms with Gasteiger partial charge in [-0.05, 0) is 48.7 Å². The molecule has 29 heavy (non-hydrogen) atoms. The van der Waals surface area contributed by atoms with Crippen molar-refractivity contribution in [3.63, 3.8) is 0 Å². The highest BCUT2D eigenvalue weighted by atomic mass is 16.5. The first-order chi connectivity index (χ1) is 14.2. The lowest BCUT2D eigenvalue weighted by Crippen LogP contribution is -2.56. The van der Waals surface area contributed by atoms with Crippen molar-refractivity contribution in [1.29, 1.82) is 0 Å². The van der Waals surface area contributed by atoms with Gasteiger partial charge in [-0.1, -0.05) is 6.07 Å². The van der Waals surface area contributed by atoms with E-state index < -0.39 is 0 Å². The topological polar surface area (TPSA) is 74.8 Å². The van der Waals surface area contributed by atoms with Crippen LogP contribution in [-0.4, -0.2) is 59.0 Å². The summed E-state index contributed by atoms with van der Waals surface area (Å²) < 4.78 is 5.91. The van der Waals surface area contributed by atoms with E-state index in [1.54, 1.807) is 11.1 Å². The summed E-state index contributed by atoms with van der Waals surface area (Å²) in [6, 6.07) is 11.3. The third-order valence-corrected chi connectivity index (χ3v) is 5.82. The number of rotatable bonds is 5. The molecule has 2 aromatic rings. The Bertz CT molecular complexity index is 886. The molecule has 3 aliphatic rings. The van der Waals surface area contributed by atoms with Gasteiger partial charge >= 0.3 is 6.03 Å². The number of aromatic nitrogens is 1. The first-order valence-electron chi connectivity index (χ1n) is 10.2. The fourth-order valence-electron chi connectivity index (χ4n) is 3.77. The van der Waals surface area contributed by atoms with Crippen LogP contribution in [0.5, 0.6) is 5.75 Å². The van der Waals surface area contributed by atoms with Gasteiger partial charge in [0.15, 0.2) is 0 Å². The molecule has 0 bridgehead atoms. The van der Waals surface area contributed by atoms with E-state index in [0.29, 0.717) is 32.1 Å². The molecule has 2 aliphatic heterocycles. The van der Waals surface area contributed by atoms with Crippen LogP contribution in [0.2, 0.25) is 0 Å². The number of hydrogen-bond acceptors (Lipinski definition) is 4. The molecular weight excluding hydrogens is 368 g/mol. The van der Waals surface area contributed by atoms with E-state index in [1.165, 1.54) is 5.56 Å². The number of anilines is 1. The molecule has 0 atom stereocenters. The standard InChI is InChI=1S/C22H24N4O3/c27-21(15-3-4-15)25-13-20(14-25)29-19-7-5-18(6-8-19)24-22(28)26-11-17(12-26)16-2-1-9-23-10-16/h1-2,5-10,15,17,20H,3-4,11-14H2,(H,24,28). The number of nitrogens with one attached hydrogen (secondary N) is 1. The van der Waals surface area contributed by atoms with Gasteiger partial charge in [0.05, 0.1) is 13.1 Å². The van der Waals surface area contributed by atoms with E-state index in [2.05, 4.69) is 16.4 Å². The van der Waals surface area contributed by atoms with Gasteiger partial charge in [0.2, 0.25) is 5.91 Å². The Balaban J connectivity index is 1.06. The van der Waals surface area contributed by atoms with Gasteiger partial charge in [0, 0.05) is 43.0 Å². The molecule has 3 amide bonds. The minimum Gasteiger partial charge on any atom is -0.487 e. The molecule has 7 heteroatoms. The first-order valence-corrected chi connectivity index (χ1v) is 10.2. The molecule has 1 saturated carbocycles. The Morgan fingerprint density at radius 2 is 1.76 bits per heavy atom. The molecule has 0 spiro atoms. The maximum Gasteiger partial charge on any atom is 0.321 e. The third kappa shape index (κ3) is 3.90. The Morgan fingerprint density at radius 1 is 1.00 bits per heavy atom. The SMILES string of the molecule is O=C(Nc1ccc(OC2CN(C(=O)C3CC3)C2)cc1)N1CC(c2cccnc2)C1. The van der Waals surface area contributed by atoms with Crippen molar-refractivity contribution in [3.8, 4) is 5.75 Å². The zero-order valence-corrected chi connectivity index (χ0v) is 16.2. The average Bonchev–Trinajstić information content (AvgIpc) is 3.50. The average molecular weight is 392 g/mol. The van der Waals surface area contributed by atoms with E-state index in [1.807, 2.05) is 41.4 Å². The summed E-state index contributed by atoms with van der Waals surface area (Å²) in [7, 11) is 0. The summed E-state index contributed by atoms with van der Waals surface area (Å²) in [4.78, 5) is 32.1. The zero-order valence-electron chi connectivity index (χ0n) is 16.2. The molecule has 3 fully saturated rings. The van der Waals surface area contributed by atoms with Crippen molar-refractivity contribution < 1.29 is 14.3 Å². The maximum atomic E-state index is 12.4. The molecule has 7 nitrogen and oxygen atoms in total. The van der Waals surface area contributed by atoms with Crippen LogP contribution in [0.1, 0.15) is 24.3 Å². The molecule has 1 aliphatic carbocycles. The Kier molecular flexibility index (Phi) is 4.58. The zero-order chi connectivity index (χ0) is 19.8. The van der Waals surface area contributed by atoms with Crippen molar-refractivity contribution in [2.75, 3.05) is 31.5 Å². The lowest BCUT2D eigenvalue weighted by molar-refractivity contribution is -0.141. The fraction of sp³-hybridized carbons (Fsp3) is 0.409. The van der Waals surface area contributed by atoms with Crippen LogP contribution < -0.4 is 10.1 Å². The van der Waals surface area contributed by atoms with Gasteiger partial charge in [-0.2, -0.15) is 0 Å². The highest BCUT2D eigenvalue weighted by Gasteiger charge is 2.40. The lowest BCUT2D eigenvalue weighted by Gasteiger charge is -2.39. The number of ether oxygens (including phenoxy) is 1. The van der Waals surface area contributed by atoms with Crippen LogP contribution >= 0.6 is 0 Å².